The normalized spacial score (nSPS) is 32.6. The van der Waals surface area contributed by atoms with Crippen molar-refractivity contribution < 1.29 is 58.5 Å². The summed E-state index contributed by atoms with van der Waals surface area (Å²) in [6.45, 7) is 2.38. The van der Waals surface area contributed by atoms with Gasteiger partial charge in [0.2, 0.25) is 0 Å². The average Bonchev–Trinajstić information content (AvgIpc) is 3.46. The molecule has 2 aliphatic carbocycles. The van der Waals surface area contributed by atoms with Crippen LogP contribution in [0.15, 0.2) is 18.2 Å². The van der Waals surface area contributed by atoms with Crippen molar-refractivity contribution in [2.24, 2.45) is 5.73 Å². The molecule has 0 bridgehead atoms. The van der Waals surface area contributed by atoms with Crippen molar-refractivity contribution in [3.63, 3.8) is 0 Å². The van der Waals surface area contributed by atoms with Crippen LogP contribution in [0.1, 0.15) is 68.8 Å². The van der Waals surface area contributed by atoms with Crippen LogP contribution in [0.2, 0.25) is 0 Å². The van der Waals surface area contributed by atoms with Gasteiger partial charge in [-0.25, -0.2) is 0 Å². The molecule has 2 aromatic rings. The van der Waals surface area contributed by atoms with Gasteiger partial charge < -0.3 is 55.2 Å². The minimum absolute atomic E-state index is 0.00420. The van der Waals surface area contributed by atoms with E-state index in [4.69, 9.17) is 29.4 Å². The lowest BCUT2D eigenvalue weighted by Gasteiger charge is -2.43. The Balaban J connectivity index is 1.29. The van der Waals surface area contributed by atoms with E-state index in [1.165, 1.54) is 13.2 Å². The third-order valence-corrected chi connectivity index (χ3v) is 10.1. The van der Waals surface area contributed by atoms with Crippen LogP contribution in [0.3, 0.4) is 0 Å². The molecule has 3 heterocycles. The number of aliphatic hydroxyl groups excluding tert-OH is 1. The van der Waals surface area contributed by atoms with Gasteiger partial charge in [0.05, 0.1) is 35.5 Å². The second-order valence-electron chi connectivity index (χ2n) is 12.8. The van der Waals surface area contributed by atoms with Gasteiger partial charge >= 0.3 is 0 Å². The van der Waals surface area contributed by atoms with E-state index in [-0.39, 0.29) is 40.9 Å². The number of methoxy groups -OCH3 is 1. The van der Waals surface area contributed by atoms with E-state index in [1.54, 1.807) is 12.1 Å². The number of hydrogen-bond acceptors (Lipinski definition) is 15. The Morgan fingerprint density at radius 3 is 2.65 bits per heavy atom. The molecular formula is C33H39N3O12. The Kier molecular flexibility index (Phi) is 8.55. The summed E-state index contributed by atoms with van der Waals surface area (Å²) in [7, 11) is 1.54. The number of ether oxygens (including phenoxy) is 5. The van der Waals surface area contributed by atoms with Gasteiger partial charge in [0, 0.05) is 74.4 Å². The SMILES string of the molecule is COC1OCCN2C3CC(OC4CC(O)(C(=O)CO)Cc5c(O)c6c(c(O)c54)C(=O)c4c(NCCN)cccc4C6=O)OC(C)C3OC12. The summed E-state index contributed by atoms with van der Waals surface area (Å²) >= 11 is 0. The van der Waals surface area contributed by atoms with Crippen LogP contribution in [-0.4, -0.2) is 125 Å². The van der Waals surface area contributed by atoms with E-state index >= 15 is 0 Å². The quantitative estimate of drug-likeness (QED) is 0.175. The van der Waals surface area contributed by atoms with Crippen molar-refractivity contribution in [1.82, 2.24) is 4.90 Å². The van der Waals surface area contributed by atoms with Crippen LogP contribution in [0, 0.1) is 0 Å². The highest BCUT2D eigenvalue weighted by Crippen LogP contribution is 2.53. The number of nitrogens with one attached hydrogen (secondary N) is 1. The summed E-state index contributed by atoms with van der Waals surface area (Å²) in [6, 6.07) is 4.45. The third kappa shape index (κ3) is 5.04. The van der Waals surface area contributed by atoms with Crippen molar-refractivity contribution in [2.75, 3.05) is 45.3 Å². The predicted octanol–water partition coefficient (Wildman–Crippen LogP) is 0.0733. The molecule has 0 spiro atoms. The van der Waals surface area contributed by atoms with Gasteiger partial charge in [-0.05, 0) is 13.0 Å². The fourth-order valence-corrected chi connectivity index (χ4v) is 7.91. The molecule has 5 aliphatic rings. The Bertz CT molecular complexity index is 1670. The summed E-state index contributed by atoms with van der Waals surface area (Å²) in [5, 5.41) is 47.8. The molecule has 3 aliphatic heterocycles. The highest BCUT2D eigenvalue weighted by atomic mass is 16.7. The molecule has 0 saturated carbocycles. The Labute approximate surface area is 275 Å². The average molecular weight is 670 g/mol. The summed E-state index contributed by atoms with van der Waals surface area (Å²) in [5.41, 5.74) is 2.72. The third-order valence-electron chi connectivity index (χ3n) is 10.1. The van der Waals surface area contributed by atoms with Crippen molar-refractivity contribution in [3.8, 4) is 11.5 Å². The van der Waals surface area contributed by atoms with Gasteiger partial charge in [-0.1, -0.05) is 12.1 Å². The summed E-state index contributed by atoms with van der Waals surface area (Å²) in [5.74, 6) is -3.64. The lowest BCUT2D eigenvalue weighted by atomic mass is 9.71. The first-order valence-electron chi connectivity index (χ1n) is 16.0. The number of benzene rings is 2. The smallest absolute Gasteiger partial charge is 0.200 e. The number of rotatable bonds is 8. The second-order valence-corrected chi connectivity index (χ2v) is 12.8. The zero-order valence-corrected chi connectivity index (χ0v) is 26.5. The maximum absolute atomic E-state index is 14.1. The number of nitrogens with two attached hydrogens (primary N) is 1. The van der Waals surface area contributed by atoms with E-state index in [1.807, 2.05) is 6.92 Å². The molecule has 15 nitrogen and oxygen atoms in total. The number of carbonyl (C=O) groups excluding carboxylic acids is 3. The van der Waals surface area contributed by atoms with Crippen LogP contribution in [-0.2, 0) is 34.9 Å². The molecule has 7 rings (SSSR count). The maximum atomic E-state index is 14.1. The molecule has 48 heavy (non-hydrogen) atoms. The summed E-state index contributed by atoms with van der Waals surface area (Å²) < 4.78 is 30.1. The number of phenols is 2. The minimum atomic E-state index is -2.23. The Morgan fingerprint density at radius 1 is 1.15 bits per heavy atom. The molecule has 0 radical (unpaired) electrons. The van der Waals surface area contributed by atoms with Gasteiger partial charge in [0.15, 0.2) is 36.2 Å². The number of nitrogens with zero attached hydrogens (tertiary/aromatic N) is 1. The maximum Gasteiger partial charge on any atom is 0.200 e. The van der Waals surface area contributed by atoms with Crippen LogP contribution in [0.5, 0.6) is 11.5 Å². The minimum Gasteiger partial charge on any atom is -0.507 e. The van der Waals surface area contributed by atoms with E-state index in [0.717, 1.165) is 0 Å². The van der Waals surface area contributed by atoms with Crippen LogP contribution in [0.25, 0.3) is 0 Å². The molecule has 2 aromatic carbocycles. The molecule has 0 amide bonds. The van der Waals surface area contributed by atoms with Gasteiger partial charge in [-0.15, -0.1) is 0 Å². The number of hydrogen-bond donors (Lipinski definition) is 6. The zero-order chi connectivity index (χ0) is 34.1. The Hall–Kier alpha value is -3.51. The number of morpholine rings is 1. The van der Waals surface area contributed by atoms with E-state index in [0.29, 0.717) is 31.8 Å². The molecule has 8 unspecified atom stereocenters. The molecule has 3 fully saturated rings. The highest BCUT2D eigenvalue weighted by molar-refractivity contribution is 6.32. The Morgan fingerprint density at radius 2 is 1.92 bits per heavy atom. The van der Waals surface area contributed by atoms with Crippen molar-refractivity contribution in [1.29, 1.82) is 0 Å². The standard InChI is InChI=1S/C33H39N3O12/c1-14-30-18(36-8-9-45-32(44-2)31(36)48-30)10-21(46-14)47-19-12-33(43,20(38)13-37)11-16-23(19)29(42)25-24(27(16)40)26(39)15-4-3-5-17(35-7-6-34)22(15)28(25)41/h3-5,14,18-19,21,30-32,35,37,40,42-43H,6-13,34H2,1-2H3. The van der Waals surface area contributed by atoms with Gasteiger partial charge in [0.25, 0.3) is 0 Å². The zero-order valence-electron chi connectivity index (χ0n) is 26.5. The second kappa shape index (κ2) is 12.4. The first kappa shape index (κ1) is 33.0. The lowest BCUT2D eigenvalue weighted by Crippen LogP contribution is -2.55. The fraction of sp³-hybridized carbons (Fsp3) is 0.545. The molecule has 0 aromatic heterocycles. The molecule has 8 atom stereocenters. The number of Topliss-reactive ketones (excluding diaryl/α,β-unsaturated/α-hetero) is 1. The monoisotopic (exact) mass is 669 g/mol. The van der Waals surface area contributed by atoms with E-state index in [2.05, 4.69) is 10.2 Å². The number of aromatic hydroxyl groups is 2. The first-order valence-corrected chi connectivity index (χ1v) is 16.0. The number of ketones is 3. The van der Waals surface area contributed by atoms with Crippen molar-refractivity contribution in [2.45, 2.75) is 74.9 Å². The lowest BCUT2D eigenvalue weighted by molar-refractivity contribution is -0.256. The highest BCUT2D eigenvalue weighted by Gasteiger charge is 2.55. The molecule has 7 N–H and O–H groups in total. The largest absolute Gasteiger partial charge is 0.507 e. The number of aliphatic hydroxyl groups is 2. The van der Waals surface area contributed by atoms with Crippen molar-refractivity contribution >= 4 is 23.0 Å². The molecule has 3 saturated heterocycles. The van der Waals surface area contributed by atoms with E-state index < -0.39 is 96.0 Å². The number of phenolic OH excluding ortho intramolecular Hbond substituents is 2. The topological polar surface area (TPSA) is 220 Å². The van der Waals surface area contributed by atoms with Crippen LogP contribution >= 0.6 is 0 Å². The summed E-state index contributed by atoms with van der Waals surface area (Å²) in [4.78, 5) is 43.0. The van der Waals surface area contributed by atoms with Crippen LogP contribution in [0.4, 0.5) is 5.69 Å². The molecule has 258 valence electrons. The summed E-state index contributed by atoms with van der Waals surface area (Å²) in [6.07, 6.45) is -4.80. The number of anilines is 1. The molecule has 15 heteroatoms. The van der Waals surface area contributed by atoms with Crippen molar-refractivity contribution in [3.05, 3.63) is 51.6 Å². The first-order chi connectivity index (χ1) is 23.0. The number of carbonyl (C=O) groups is 3. The number of fused-ring (bicyclic) bond motifs is 6. The van der Waals surface area contributed by atoms with Gasteiger partial charge in [-0.3, -0.25) is 19.3 Å². The molecular weight excluding hydrogens is 630 g/mol. The van der Waals surface area contributed by atoms with Gasteiger partial charge in [-0.2, -0.15) is 0 Å². The van der Waals surface area contributed by atoms with E-state index in [9.17, 15) is 34.8 Å². The predicted molar refractivity (Wildman–Crippen MR) is 165 cm³/mol. The van der Waals surface area contributed by atoms with Gasteiger partial charge in [0.1, 0.15) is 29.8 Å². The van der Waals surface area contributed by atoms with Crippen LogP contribution < -0.4 is 11.1 Å². The fourth-order valence-electron chi connectivity index (χ4n) is 7.91.